The zero-order valence-corrected chi connectivity index (χ0v) is 14.2. The Bertz CT molecular complexity index is 826. The summed E-state index contributed by atoms with van der Waals surface area (Å²) in [5.74, 6) is 0.736. The van der Waals surface area contributed by atoms with Crippen molar-refractivity contribution in [2.24, 2.45) is 0 Å². The van der Waals surface area contributed by atoms with E-state index in [1.54, 1.807) is 6.92 Å². The van der Waals surface area contributed by atoms with Gasteiger partial charge in [-0.2, -0.15) is 0 Å². The Labute approximate surface area is 146 Å². The van der Waals surface area contributed by atoms with Crippen LogP contribution in [-0.2, 0) is 0 Å². The van der Waals surface area contributed by atoms with Crippen molar-refractivity contribution >= 4 is 5.91 Å². The summed E-state index contributed by atoms with van der Waals surface area (Å²) in [5, 5.41) is 3.03. The summed E-state index contributed by atoms with van der Waals surface area (Å²) in [5.41, 5.74) is 2.51. The summed E-state index contributed by atoms with van der Waals surface area (Å²) >= 11 is 0. The molecule has 0 saturated heterocycles. The van der Waals surface area contributed by atoms with E-state index in [1.165, 1.54) is 6.39 Å². The maximum atomic E-state index is 12.6. The number of amides is 1. The van der Waals surface area contributed by atoms with Crippen LogP contribution in [0.15, 0.2) is 65.4 Å². The molecule has 0 spiro atoms. The third-order valence-electron chi connectivity index (χ3n) is 3.88. The molecule has 0 fully saturated rings. The molecule has 1 amide bonds. The monoisotopic (exact) mass is 336 g/mol. The molecule has 25 heavy (non-hydrogen) atoms. The average molecular weight is 336 g/mol. The number of aromatic nitrogens is 1. The number of nitrogens with zero attached hydrogens (tertiary/aromatic N) is 1. The van der Waals surface area contributed by atoms with Crippen LogP contribution in [0.2, 0.25) is 0 Å². The Morgan fingerprint density at radius 1 is 1.12 bits per heavy atom. The first-order chi connectivity index (χ1) is 12.2. The summed E-state index contributed by atoms with van der Waals surface area (Å²) in [7, 11) is 0. The van der Waals surface area contributed by atoms with Gasteiger partial charge in [0.25, 0.3) is 5.91 Å². The number of nitrogens with one attached hydrogen (secondary N) is 1. The largest absolute Gasteiger partial charge is 0.494 e. The van der Waals surface area contributed by atoms with Gasteiger partial charge in [-0.05, 0) is 37.1 Å². The summed E-state index contributed by atoms with van der Waals surface area (Å²) in [6.07, 6.45) is 1.28. The number of hydrogen-bond donors (Lipinski definition) is 1. The minimum Gasteiger partial charge on any atom is -0.494 e. The molecule has 0 aliphatic heterocycles. The van der Waals surface area contributed by atoms with Gasteiger partial charge in [0.1, 0.15) is 5.75 Å². The van der Waals surface area contributed by atoms with Gasteiger partial charge in [-0.3, -0.25) is 4.79 Å². The fourth-order valence-corrected chi connectivity index (χ4v) is 2.64. The second-order valence-corrected chi connectivity index (χ2v) is 5.59. The maximum absolute atomic E-state index is 12.6. The van der Waals surface area contributed by atoms with E-state index >= 15 is 0 Å². The van der Waals surface area contributed by atoms with Crippen LogP contribution in [0.5, 0.6) is 5.75 Å². The summed E-state index contributed by atoms with van der Waals surface area (Å²) in [6.45, 7) is 4.30. The van der Waals surface area contributed by atoms with Crippen molar-refractivity contribution < 1.29 is 13.9 Å². The normalized spacial score (nSPS) is 11.8. The number of ether oxygens (including phenoxy) is 1. The van der Waals surface area contributed by atoms with E-state index in [1.807, 2.05) is 61.5 Å². The van der Waals surface area contributed by atoms with Gasteiger partial charge in [0.05, 0.1) is 18.3 Å². The van der Waals surface area contributed by atoms with Crippen molar-refractivity contribution in [1.82, 2.24) is 10.3 Å². The number of benzene rings is 2. The fraction of sp³-hybridized carbons (Fsp3) is 0.200. The molecular weight excluding hydrogens is 316 g/mol. The second kappa shape index (κ2) is 7.66. The molecular formula is C20H20N2O3. The van der Waals surface area contributed by atoms with E-state index < -0.39 is 0 Å². The van der Waals surface area contributed by atoms with E-state index in [0.717, 1.165) is 16.9 Å². The van der Waals surface area contributed by atoms with Crippen LogP contribution >= 0.6 is 0 Å². The SMILES string of the molecule is CCOc1ccc(C(NC(=O)c2ocnc2C)c2ccccc2)cc1. The van der Waals surface area contributed by atoms with Crippen molar-refractivity contribution in [2.45, 2.75) is 19.9 Å². The molecule has 3 aromatic rings. The van der Waals surface area contributed by atoms with Gasteiger partial charge < -0.3 is 14.5 Å². The number of carbonyl (C=O) groups excluding carboxylic acids is 1. The molecule has 1 atom stereocenters. The lowest BCUT2D eigenvalue weighted by Gasteiger charge is -2.19. The molecule has 0 radical (unpaired) electrons. The highest BCUT2D eigenvalue weighted by Gasteiger charge is 2.21. The molecule has 5 nitrogen and oxygen atoms in total. The van der Waals surface area contributed by atoms with Crippen molar-refractivity contribution in [1.29, 1.82) is 0 Å². The minimum atomic E-state index is -0.297. The lowest BCUT2D eigenvalue weighted by atomic mass is 9.98. The van der Waals surface area contributed by atoms with E-state index in [4.69, 9.17) is 9.15 Å². The van der Waals surface area contributed by atoms with Crippen LogP contribution in [0, 0.1) is 6.92 Å². The van der Waals surface area contributed by atoms with Crippen LogP contribution in [0.1, 0.15) is 40.3 Å². The van der Waals surface area contributed by atoms with Gasteiger partial charge in [-0.25, -0.2) is 4.98 Å². The Hall–Kier alpha value is -3.08. The lowest BCUT2D eigenvalue weighted by Crippen LogP contribution is -2.29. The van der Waals surface area contributed by atoms with Crippen molar-refractivity contribution in [3.05, 3.63) is 83.6 Å². The Morgan fingerprint density at radius 2 is 1.80 bits per heavy atom. The predicted octanol–water partition coefficient (Wildman–Crippen LogP) is 3.90. The molecule has 2 aromatic carbocycles. The molecule has 0 aliphatic rings. The quantitative estimate of drug-likeness (QED) is 0.741. The lowest BCUT2D eigenvalue weighted by molar-refractivity contribution is 0.0914. The molecule has 128 valence electrons. The van der Waals surface area contributed by atoms with E-state index in [0.29, 0.717) is 12.3 Å². The van der Waals surface area contributed by atoms with Gasteiger partial charge in [0.2, 0.25) is 5.76 Å². The Morgan fingerprint density at radius 3 is 2.40 bits per heavy atom. The minimum absolute atomic E-state index is 0.229. The highest BCUT2D eigenvalue weighted by Crippen LogP contribution is 2.25. The molecule has 0 bridgehead atoms. The highest BCUT2D eigenvalue weighted by atomic mass is 16.5. The standard InChI is InChI=1S/C20H20N2O3/c1-3-24-17-11-9-16(10-12-17)18(15-7-5-4-6-8-15)22-20(23)19-14(2)21-13-25-19/h4-13,18H,3H2,1-2H3,(H,22,23). The second-order valence-electron chi connectivity index (χ2n) is 5.59. The average Bonchev–Trinajstić information content (AvgIpc) is 3.07. The summed E-state index contributed by atoms with van der Waals surface area (Å²) in [4.78, 5) is 16.6. The van der Waals surface area contributed by atoms with Crippen LogP contribution in [0.25, 0.3) is 0 Å². The van der Waals surface area contributed by atoms with E-state index in [2.05, 4.69) is 10.3 Å². The molecule has 1 unspecified atom stereocenters. The van der Waals surface area contributed by atoms with Gasteiger partial charge >= 0.3 is 0 Å². The first-order valence-corrected chi connectivity index (χ1v) is 8.17. The number of aryl methyl sites for hydroxylation is 1. The summed E-state index contributed by atoms with van der Waals surface area (Å²) in [6, 6.07) is 17.2. The first-order valence-electron chi connectivity index (χ1n) is 8.17. The molecule has 0 aliphatic carbocycles. The molecule has 0 saturated carbocycles. The van der Waals surface area contributed by atoms with Gasteiger partial charge in [-0.15, -0.1) is 0 Å². The van der Waals surface area contributed by atoms with Crippen LogP contribution < -0.4 is 10.1 Å². The highest BCUT2D eigenvalue weighted by molar-refractivity contribution is 5.92. The fourth-order valence-electron chi connectivity index (χ4n) is 2.64. The number of oxazole rings is 1. The predicted molar refractivity (Wildman–Crippen MR) is 94.6 cm³/mol. The molecule has 1 aromatic heterocycles. The molecule has 1 heterocycles. The molecule has 3 rings (SSSR count). The van der Waals surface area contributed by atoms with Crippen LogP contribution in [0.4, 0.5) is 0 Å². The number of rotatable bonds is 6. The zero-order chi connectivity index (χ0) is 17.6. The molecule has 1 N–H and O–H groups in total. The van der Waals surface area contributed by atoms with Gasteiger partial charge in [0, 0.05) is 0 Å². The number of carbonyl (C=O) groups is 1. The first kappa shape index (κ1) is 16.8. The van der Waals surface area contributed by atoms with Gasteiger partial charge in [-0.1, -0.05) is 42.5 Å². The number of hydrogen-bond acceptors (Lipinski definition) is 4. The summed E-state index contributed by atoms with van der Waals surface area (Å²) < 4.78 is 10.7. The zero-order valence-electron chi connectivity index (χ0n) is 14.2. The smallest absolute Gasteiger partial charge is 0.289 e. The van der Waals surface area contributed by atoms with Crippen molar-refractivity contribution in [3.8, 4) is 5.75 Å². The van der Waals surface area contributed by atoms with Crippen molar-refractivity contribution in [2.75, 3.05) is 6.61 Å². The third-order valence-corrected chi connectivity index (χ3v) is 3.88. The van der Waals surface area contributed by atoms with Crippen LogP contribution in [0.3, 0.4) is 0 Å². The van der Waals surface area contributed by atoms with E-state index in [9.17, 15) is 4.79 Å². The third kappa shape index (κ3) is 3.88. The topological polar surface area (TPSA) is 64.4 Å². The maximum Gasteiger partial charge on any atom is 0.289 e. The Balaban J connectivity index is 1.90. The van der Waals surface area contributed by atoms with Crippen molar-refractivity contribution in [3.63, 3.8) is 0 Å². The Kier molecular flexibility index (Phi) is 5.14. The van der Waals surface area contributed by atoms with Crippen LogP contribution in [-0.4, -0.2) is 17.5 Å². The molecule has 5 heteroatoms. The van der Waals surface area contributed by atoms with E-state index in [-0.39, 0.29) is 17.7 Å². The van der Waals surface area contributed by atoms with Gasteiger partial charge in [0.15, 0.2) is 6.39 Å².